The van der Waals surface area contributed by atoms with E-state index in [2.05, 4.69) is 64.8 Å². The summed E-state index contributed by atoms with van der Waals surface area (Å²) in [7, 11) is -5.60. The fraction of sp³-hybridized carbons (Fsp3) is 0.368. The molecule has 47 heavy (non-hydrogen) atoms. The van der Waals surface area contributed by atoms with E-state index in [4.69, 9.17) is 0 Å². The largest absolute Gasteiger partial charge is 0.523 e. The molecule has 0 aliphatic heterocycles. The van der Waals surface area contributed by atoms with E-state index in [1.807, 2.05) is 43.3 Å². The Morgan fingerprint density at radius 3 is 1.09 bits per heavy atom. The summed E-state index contributed by atoms with van der Waals surface area (Å²) in [5.74, 6) is 0.226. The van der Waals surface area contributed by atoms with Gasteiger partial charge in [0.15, 0.2) is 0 Å². The van der Waals surface area contributed by atoms with Crippen LogP contribution >= 0.6 is 0 Å². The molecule has 0 aromatic heterocycles. The van der Waals surface area contributed by atoms with E-state index >= 15 is 0 Å². The predicted octanol–water partition coefficient (Wildman–Crippen LogP) is 7.28. The number of aliphatic hydroxyl groups excluding tert-OH is 2. The standard InChI is InChI=1S/C20H19F3O3S.C18H18O2/c1-2-12-17(11-26-27(24,25)20(21,22)23)19-15-9-5-3-7-13(15)18(12)14-8-4-6-10-16(14)19;19-9-15-16(10-20)18-12-6-2-1-5-11(12)17(15)13-7-3-4-8-14(13)18/h3-10,12,17-19H,2,11H2,1H3;1-8,15-20H,9-10H2/t12-,17-,18?,19?;15-,16-,17?,18?/m00/s1. The number of aliphatic hydroxyl groups is 2. The van der Waals surface area contributed by atoms with Gasteiger partial charge in [-0.3, -0.25) is 4.18 Å². The lowest BCUT2D eigenvalue weighted by Crippen LogP contribution is -2.43. The van der Waals surface area contributed by atoms with Crippen LogP contribution < -0.4 is 0 Å². The van der Waals surface area contributed by atoms with Gasteiger partial charge in [0.25, 0.3) is 0 Å². The Morgan fingerprint density at radius 1 is 0.553 bits per heavy atom. The van der Waals surface area contributed by atoms with Crippen molar-refractivity contribution < 1.29 is 36.0 Å². The minimum absolute atomic E-state index is 0.0169. The van der Waals surface area contributed by atoms with Crippen molar-refractivity contribution in [1.29, 1.82) is 0 Å². The van der Waals surface area contributed by atoms with Crippen molar-refractivity contribution in [3.05, 3.63) is 142 Å². The molecule has 0 radical (unpaired) electrons. The summed E-state index contributed by atoms with van der Waals surface area (Å²) in [6.45, 7) is 1.79. The van der Waals surface area contributed by atoms with Gasteiger partial charge in [-0.05, 0) is 68.2 Å². The zero-order chi connectivity index (χ0) is 33.1. The van der Waals surface area contributed by atoms with Gasteiger partial charge in [-0.15, -0.1) is 0 Å². The van der Waals surface area contributed by atoms with E-state index < -0.39 is 22.2 Å². The third-order valence-corrected chi connectivity index (χ3v) is 12.1. The summed E-state index contributed by atoms with van der Waals surface area (Å²) in [4.78, 5) is 0. The molecule has 6 aliphatic rings. The van der Waals surface area contributed by atoms with Crippen LogP contribution in [0.3, 0.4) is 0 Å². The van der Waals surface area contributed by atoms with Crippen molar-refractivity contribution in [3.8, 4) is 0 Å². The van der Waals surface area contributed by atoms with E-state index in [-0.39, 0.29) is 60.6 Å². The normalized spacial score (nSPS) is 28.0. The lowest BCUT2D eigenvalue weighted by atomic mass is 9.54. The quantitative estimate of drug-likeness (QED) is 0.168. The summed E-state index contributed by atoms with van der Waals surface area (Å²) in [6, 6.07) is 32.9. The number of benzene rings is 4. The molecule has 0 heterocycles. The summed E-state index contributed by atoms with van der Waals surface area (Å²) < 4.78 is 65.5. The fourth-order valence-corrected chi connectivity index (χ4v) is 9.76. The lowest BCUT2D eigenvalue weighted by molar-refractivity contribution is -0.0560. The highest BCUT2D eigenvalue weighted by molar-refractivity contribution is 7.87. The van der Waals surface area contributed by atoms with Crippen LogP contribution in [0.25, 0.3) is 0 Å². The summed E-state index contributed by atoms with van der Waals surface area (Å²) in [5.41, 5.74) is 4.41. The van der Waals surface area contributed by atoms with E-state index in [0.29, 0.717) is 0 Å². The number of rotatable bonds is 6. The minimum Gasteiger partial charge on any atom is -0.396 e. The van der Waals surface area contributed by atoms with Crippen LogP contribution in [0.15, 0.2) is 97.1 Å². The summed E-state index contributed by atoms with van der Waals surface area (Å²) in [6.07, 6.45) is 0.726. The first-order valence-corrected chi connectivity index (χ1v) is 17.6. The Bertz CT molecular complexity index is 1740. The van der Waals surface area contributed by atoms with Crippen molar-refractivity contribution in [3.63, 3.8) is 0 Å². The molecule has 0 unspecified atom stereocenters. The molecule has 246 valence electrons. The van der Waals surface area contributed by atoms with Crippen LogP contribution in [0.4, 0.5) is 13.2 Å². The van der Waals surface area contributed by atoms with Gasteiger partial charge >= 0.3 is 15.6 Å². The van der Waals surface area contributed by atoms with Crippen LogP contribution in [0.5, 0.6) is 0 Å². The molecule has 0 saturated carbocycles. The van der Waals surface area contributed by atoms with Crippen molar-refractivity contribution in [2.45, 2.75) is 42.5 Å². The highest BCUT2D eigenvalue weighted by Crippen LogP contribution is 2.60. The third kappa shape index (κ3) is 5.05. The van der Waals surface area contributed by atoms with Gasteiger partial charge in [-0.2, -0.15) is 21.6 Å². The van der Waals surface area contributed by atoms with E-state index in [1.54, 1.807) is 0 Å². The highest BCUT2D eigenvalue weighted by atomic mass is 32.2. The maximum absolute atomic E-state index is 12.7. The van der Waals surface area contributed by atoms with Gasteiger partial charge in [0.05, 0.1) is 6.61 Å². The smallest absolute Gasteiger partial charge is 0.396 e. The van der Waals surface area contributed by atoms with Crippen LogP contribution in [-0.4, -0.2) is 44.0 Å². The number of halogens is 3. The third-order valence-electron chi connectivity index (χ3n) is 11.1. The number of hydrogen-bond donors (Lipinski definition) is 2. The lowest BCUT2D eigenvalue weighted by Gasteiger charge is -2.50. The topological polar surface area (TPSA) is 83.8 Å². The predicted molar refractivity (Wildman–Crippen MR) is 172 cm³/mol. The van der Waals surface area contributed by atoms with Gasteiger partial charge in [0.1, 0.15) is 0 Å². The summed E-state index contributed by atoms with van der Waals surface area (Å²) in [5, 5.41) is 19.7. The van der Waals surface area contributed by atoms with Gasteiger partial charge in [0, 0.05) is 36.9 Å². The molecule has 0 amide bonds. The van der Waals surface area contributed by atoms with Crippen molar-refractivity contribution in [2.24, 2.45) is 23.7 Å². The Kier molecular flexibility index (Phi) is 8.31. The number of fused-ring (bicyclic) bond motifs is 2. The Morgan fingerprint density at radius 2 is 0.830 bits per heavy atom. The van der Waals surface area contributed by atoms with Crippen LogP contribution in [0, 0.1) is 23.7 Å². The van der Waals surface area contributed by atoms with Crippen LogP contribution in [-0.2, 0) is 14.3 Å². The van der Waals surface area contributed by atoms with Crippen LogP contribution in [0.2, 0.25) is 0 Å². The fourth-order valence-electron chi connectivity index (χ4n) is 9.29. The molecule has 4 atom stereocenters. The molecule has 4 aromatic rings. The van der Waals surface area contributed by atoms with E-state index in [1.165, 1.54) is 33.4 Å². The molecule has 0 saturated heterocycles. The van der Waals surface area contributed by atoms with Gasteiger partial charge in [-0.1, -0.05) is 110 Å². The van der Waals surface area contributed by atoms with Crippen molar-refractivity contribution >= 4 is 10.1 Å². The van der Waals surface area contributed by atoms with Crippen molar-refractivity contribution in [2.75, 3.05) is 19.8 Å². The van der Waals surface area contributed by atoms with Gasteiger partial charge in [-0.25, -0.2) is 0 Å². The Hall–Kier alpha value is -3.50. The average Bonchev–Trinajstić information content (AvgIpc) is 3.09. The monoisotopic (exact) mass is 662 g/mol. The first kappa shape index (κ1) is 32.1. The SMILES string of the molecule is CC[C@@H]1C2c3ccccc3C(c3ccccc32)[C@H]1COS(=O)(=O)C(F)(F)F.OC[C@@H]1C2c3ccccc3C(c3ccccc32)[C@H]1CO. The molecular weight excluding hydrogens is 625 g/mol. The average molecular weight is 663 g/mol. The van der Waals surface area contributed by atoms with Crippen LogP contribution in [0.1, 0.15) is 81.5 Å². The van der Waals surface area contributed by atoms with Gasteiger partial charge < -0.3 is 10.2 Å². The second-order valence-corrected chi connectivity index (χ2v) is 14.6. The van der Waals surface area contributed by atoms with Gasteiger partial charge in [0.2, 0.25) is 0 Å². The van der Waals surface area contributed by atoms with E-state index in [0.717, 1.165) is 17.5 Å². The maximum atomic E-state index is 12.7. The zero-order valence-corrected chi connectivity index (χ0v) is 26.7. The molecule has 9 heteroatoms. The summed E-state index contributed by atoms with van der Waals surface area (Å²) >= 11 is 0. The number of hydrogen-bond acceptors (Lipinski definition) is 5. The first-order chi connectivity index (χ1) is 22.6. The first-order valence-electron chi connectivity index (χ1n) is 16.2. The molecule has 2 N–H and O–H groups in total. The minimum atomic E-state index is -5.60. The molecule has 4 aromatic carbocycles. The molecular formula is C38H37F3O5S. The van der Waals surface area contributed by atoms with E-state index in [9.17, 15) is 31.8 Å². The molecule has 6 aliphatic carbocycles. The highest BCUT2D eigenvalue weighted by Gasteiger charge is 2.52. The second kappa shape index (κ2) is 12.2. The van der Waals surface area contributed by atoms with Crippen molar-refractivity contribution in [1.82, 2.24) is 0 Å². The Balaban J connectivity index is 0.000000156. The molecule has 4 bridgehead atoms. The second-order valence-electron chi connectivity index (χ2n) is 13.0. The Labute approximate surface area is 273 Å². The number of alkyl halides is 3. The zero-order valence-electron chi connectivity index (χ0n) is 25.8. The maximum Gasteiger partial charge on any atom is 0.523 e. The molecule has 5 nitrogen and oxygen atoms in total. The molecule has 0 spiro atoms. The molecule has 10 rings (SSSR count). The molecule has 0 fully saturated rings.